The second-order valence-electron chi connectivity index (χ2n) is 5.82. The topological polar surface area (TPSA) is 72.7 Å². The Morgan fingerprint density at radius 2 is 2.13 bits per heavy atom. The van der Waals surface area contributed by atoms with Gasteiger partial charge in [-0.25, -0.2) is 4.98 Å². The zero-order valence-corrected chi connectivity index (χ0v) is 15.0. The van der Waals surface area contributed by atoms with E-state index in [-0.39, 0.29) is 5.91 Å². The van der Waals surface area contributed by atoms with Crippen LogP contribution in [-0.4, -0.2) is 31.4 Å². The fraction of sp³-hybridized carbons (Fsp3) is 0.600. The van der Waals surface area contributed by atoms with E-state index in [1.807, 2.05) is 19.2 Å². The number of rotatable bonds is 5. The first-order chi connectivity index (χ1) is 11.1. The first-order valence-corrected chi connectivity index (χ1v) is 9.76. The highest BCUT2D eigenvalue weighted by Gasteiger charge is 2.21. The number of thiazole rings is 1. The van der Waals surface area contributed by atoms with Gasteiger partial charge in [0.05, 0.1) is 11.4 Å². The molecular weight excluding hydrogens is 330 g/mol. The summed E-state index contributed by atoms with van der Waals surface area (Å²) in [5, 5.41) is 14.7. The highest BCUT2D eigenvalue weighted by atomic mass is 32.2. The summed E-state index contributed by atoms with van der Waals surface area (Å²) in [6.07, 6.45) is 6.19. The van der Waals surface area contributed by atoms with Crippen LogP contribution in [0.25, 0.3) is 0 Å². The fourth-order valence-electron chi connectivity index (χ4n) is 2.90. The number of aromatic nitrogens is 4. The number of amides is 1. The summed E-state index contributed by atoms with van der Waals surface area (Å²) in [6.45, 7) is 3.90. The molecule has 0 atom stereocenters. The maximum Gasteiger partial charge on any atom is 0.236 e. The van der Waals surface area contributed by atoms with Crippen molar-refractivity contribution in [3.63, 3.8) is 0 Å². The third-order valence-electron chi connectivity index (χ3n) is 3.97. The van der Waals surface area contributed by atoms with E-state index in [2.05, 4.69) is 25.1 Å². The quantitative estimate of drug-likeness (QED) is 0.834. The lowest BCUT2D eigenvalue weighted by molar-refractivity contribution is -0.113. The molecule has 0 aromatic carbocycles. The van der Waals surface area contributed by atoms with Crippen molar-refractivity contribution >= 4 is 34.1 Å². The zero-order chi connectivity index (χ0) is 16.2. The van der Waals surface area contributed by atoms with E-state index in [9.17, 15) is 4.79 Å². The summed E-state index contributed by atoms with van der Waals surface area (Å²) in [7, 11) is 0. The Kier molecular flexibility index (Phi) is 5.32. The molecule has 2 aromatic heterocycles. The lowest BCUT2D eigenvalue weighted by Crippen LogP contribution is -2.17. The number of hydrogen-bond donors (Lipinski definition) is 1. The second kappa shape index (κ2) is 7.44. The lowest BCUT2D eigenvalue weighted by atomic mass is 9.95. The molecule has 1 aliphatic rings. The molecule has 2 heterocycles. The van der Waals surface area contributed by atoms with E-state index in [4.69, 9.17) is 0 Å². The van der Waals surface area contributed by atoms with E-state index >= 15 is 0 Å². The standard InChI is InChI=1S/C15H21N5OS2/c1-10-8-22-14(16-10)17-13(21)9-23-15-19-18-11(2)20(15)12-6-4-3-5-7-12/h8,12H,3-7,9H2,1-2H3,(H,16,17,21). The first-order valence-electron chi connectivity index (χ1n) is 7.90. The Morgan fingerprint density at radius 3 is 2.83 bits per heavy atom. The number of carbonyl (C=O) groups excluding carboxylic acids is 1. The molecule has 124 valence electrons. The number of nitrogens with zero attached hydrogens (tertiary/aromatic N) is 4. The normalized spacial score (nSPS) is 15.7. The van der Waals surface area contributed by atoms with Crippen LogP contribution in [0, 0.1) is 13.8 Å². The molecule has 1 fully saturated rings. The Hall–Kier alpha value is -1.41. The zero-order valence-electron chi connectivity index (χ0n) is 13.4. The second-order valence-corrected chi connectivity index (χ2v) is 7.62. The number of nitrogens with one attached hydrogen (secondary N) is 1. The van der Waals surface area contributed by atoms with E-state index in [1.54, 1.807) is 0 Å². The van der Waals surface area contributed by atoms with Crippen molar-refractivity contribution in [2.45, 2.75) is 57.1 Å². The van der Waals surface area contributed by atoms with Crippen molar-refractivity contribution < 1.29 is 4.79 Å². The van der Waals surface area contributed by atoms with Gasteiger partial charge in [-0.1, -0.05) is 31.0 Å². The van der Waals surface area contributed by atoms with Gasteiger partial charge in [0, 0.05) is 11.4 Å². The van der Waals surface area contributed by atoms with Crippen molar-refractivity contribution in [1.29, 1.82) is 0 Å². The van der Waals surface area contributed by atoms with Crippen molar-refractivity contribution in [2.24, 2.45) is 0 Å². The van der Waals surface area contributed by atoms with Crippen LogP contribution in [0.2, 0.25) is 0 Å². The smallest absolute Gasteiger partial charge is 0.236 e. The van der Waals surface area contributed by atoms with Gasteiger partial charge in [-0.2, -0.15) is 0 Å². The third kappa shape index (κ3) is 4.11. The Labute approximate surface area is 144 Å². The molecule has 2 aromatic rings. The molecule has 1 saturated carbocycles. The maximum absolute atomic E-state index is 12.1. The van der Waals surface area contributed by atoms with E-state index in [0.717, 1.165) is 16.7 Å². The van der Waals surface area contributed by atoms with Gasteiger partial charge < -0.3 is 9.88 Å². The predicted molar refractivity (Wildman–Crippen MR) is 93.1 cm³/mol. The Morgan fingerprint density at radius 1 is 1.35 bits per heavy atom. The summed E-state index contributed by atoms with van der Waals surface area (Å²) in [6, 6.07) is 0.478. The van der Waals surface area contributed by atoms with Crippen LogP contribution < -0.4 is 5.32 Å². The lowest BCUT2D eigenvalue weighted by Gasteiger charge is -2.24. The minimum absolute atomic E-state index is 0.0554. The van der Waals surface area contributed by atoms with E-state index < -0.39 is 0 Å². The summed E-state index contributed by atoms with van der Waals surface area (Å²) < 4.78 is 2.21. The molecule has 0 aliphatic heterocycles. The molecular formula is C15H21N5OS2. The molecule has 0 radical (unpaired) electrons. The van der Waals surface area contributed by atoms with Gasteiger partial charge in [0.25, 0.3) is 0 Å². The summed E-state index contributed by atoms with van der Waals surface area (Å²) in [5.41, 5.74) is 0.922. The van der Waals surface area contributed by atoms with Gasteiger partial charge in [-0.3, -0.25) is 4.79 Å². The van der Waals surface area contributed by atoms with Crippen LogP contribution in [0.5, 0.6) is 0 Å². The maximum atomic E-state index is 12.1. The van der Waals surface area contributed by atoms with Crippen molar-refractivity contribution in [2.75, 3.05) is 11.1 Å². The SMILES string of the molecule is Cc1csc(NC(=O)CSc2nnc(C)n2C2CCCCC2)n1. The van der Waals surface area contributed by atoms with Crippen LogP contribution in [0.1, 0.15) is 49.7 Å². The first kappa shape index (κ1) is 16.4. The minimum Gasteiger partial charge on any atom is -0.303 e. The largest absolute Gasteiger partial charge is 0.303 e. The Bertz CT molecular complexity index is 675. The van der Waals surface area contributed by atoms with Crippen LogP contribution in [0.15, 0.2) is 10.5 Å². The van der Waals surface area contributed by atoms with Gasteiger partial charge in [-0.05, 0) is 26.7 Å². The molecule has 6 nitrogen and oxygen atoms in total. The van der Waals surface area contributed by atoms with Gasteiger partial charge in [-0.15, -0.1) is 21.5 Å². The van der Waals surface area contributed by atoms with Crippen LogP contribution in [0.3, 0.4) is 0 Å². The highest BCUT2D eigenvalue weighted by molar-refractivity contribution is 7.99. The third-order valence-corrected chi connectivity index (χ3v) is 5.79. The molecule has 23 heavy (non-hydrogen) atoms. The minimum atomic E-state index is -0.0554. The molecule has 1 aliphatic carbocycles. The molecule has 0 bridgehead atoms. The van der Waals surface area contributed by atoms with Gasteiger partial charge in [0.1, 0.15) is 5.82 Å². The number of hydrogen-bond acceptors (Lipinski definition) is 6. The molecule has 1 N–H and O–H groups in total. The summed E-state index contributed by atoms with van der Waals surface area (Å²) >= 11 is 2.89. The summed E-state index contributed by atoms with van der Waals surface area (Å²) in [5.74, 6) is 1.21. The van der Waals surface area contributed by atoms with Gasteiger partial charge in [0.2, 0.25) is 5.91 Å². The molecule has 1 amide bonds. The van der Waals surface area contributed by atoms with Crippen LogP contribution in [-0.2, 0) is 4.79 Å². The predicted octanol–water partition coefficient (Wildman–Crippen LogP) is 3.59. The number of aryl methyl sites for hydroxylation is 2. The average molecular weight is 352 g/mol. The van der Waals surface area contributed by atoms with Crippen molar-refractivity contribution in [1.82, 2.24) is 19.7 Å². The van der Waals surface area contributed by atoms with Crippen LogP contribution in [0.4, 0.5) is 5.13 Å². The van der Waals surface area contributed by atoms with Crippen molar-refractivity contribution in [3.8, 4) is 0 Å². The summed E-state index contributed by atoms with van der Waals surface area (Å²) in [4.78, 5) is 16.3. The van der Waals surface area contributed by atoms with Gasteiger partial charge >= 0.3 is 0 Å². The highest BCUT2D eigenvalue weighted by Crippen LogP contribution is 2.32. The van der Waals surface area contributed by atoms with E-state index in [0.29, 0.717) is 16.9 Å². The molecule has 0 spiro atoms. The number of carbonyl (C=O) groups is 1. The Balaban J connectivity index is 1.60. The molecule has 0 saturated heterocycles. The average Bonchev–Trinajstić information content (AvgIpc) is 3.12. The number of thioether (sulfide) groups is 1. The van der Waals surface area contributed by atoms with Crippen LogP contribution >= 0.6 is 23.1 Å². The monoisotopic (exact) mass is 351 g/mol. The molecule has 3 rings (SSSR count). The number of anilines is 1. The van der Waals surface area contributed by atoms with E-state index in [1.165, 1.54) is 55.2 Å². The van der Waals surface area contributed by atoms with Gasteiger partial charge in [0.15, 0.2) is 10.3 Å². The van der Waals surface area contributed by atoms with Crippen molar-refractivity contribution in [3.05, 3.63) is 16.9 Å². The molecule has 8 heteroatoms. The molecule has 0 unspecified atom stereocenters. The fourth-order valence-corrected chi connectivity index (χ4v) is 4.46.